The van der Waals surface area contributed by atoms with Crippen molar-refractivity contribution >= 4 is 17.5 Å². The van der Waals surface area contributed by atoms with Gasteiger partial charge >= 0.3 is 0 Å². The molecule has 102 valence electrons. The molecule has 1 aromatic carbocycles. The average Bonchev–Trinajstić information content (AvgIpc) is 2.64. The molecule has 2 rings (SSSR count). The van der Waals surface area contributed by atoms with Gasteiger partial charge in [-0.15, -0.1) is 0 Å². The number of methoxy groups -OCH3 is 1. The number of benzene rings is 1. The summed E-state index contributed by atoms with van der Waals surface area (Å²) in [6.07, 6.45) is 0.267. The van der Waals surface area contributed by atoms with Crippen molar-refractivity contribution in [1.29, 1.82) is 0 Å². The Labute approximate surface area is 112 Å². The van der Waals surface area contributed by atoms with E-state index in [1.54, 1.807) is 31.4 Å². The van der Waals surface area contributed by atoms with Crippen molar-refractivity contribution in [3.8, 4) is 5.75 Å². The number of hydrogen-bond acceptors (Lipinski definition) is 3. The summed E-state index contributed by atoms with van der Waals surface area (Å²) in [7, 11) is 1.58. The second-order valence-corrected chi connectivity index (χ2v) is 5.01. The number of imide groups is 1. The molecule has 1 aliphatic rings. The number of nitrogens with two attached hydrogens (primary N) is 1. The predicted molar refractivity (Wildman–Crippen MR) is 71.0 cm³/mol. The number of carbonyl (C=O) groups is 2. The number of quaternary nitrogens is 1. The van der Waals surface area contributed by atoms with Crippen LogP contribution in [0.4, 0.5) is 5.69 Å². The molecule has 0 saturated carbocycles. The van der Waals surface area contributed by atoms with Gasteiger partial charge in [0.05, 0.1) is 25.3 Å². The van der Waals surface area contributed by atoms with Gasteiger partial charge in [0, 0.05) is 0 Å². The van der Waals surface area contributed by atoms with Crippen LogP contribution in [0.2, 0.25) is 0 Å². The first-order valence-corrected chi connectivity index (χ1v) is 6.38. The smallest absolute Gasteiger partial charge is 0.292 e. The minimum absolute atomic E-state index is 0.135. The van der Waals surface area contributed by atoms with Crippen LogP contribution in [0.3, 0.4) is 0 Å². The van der Waals surface area contributed by atoms with Crippen LogP contribution in [0.1, 0.15) is 20.3 Å². The lowest BCUT2D eigenvalue weighted by molar-refractivity contribution is -0.701. The number of rotatable bonds is 4. The van der Waals surface area contributed by atoms with E-state index in [1.165, 1.54) is 4.90 Å². The van der Waals surface area contributed by atoms with Gasteiger partial charge in [-0.25, -0.2) is 4.90 Å². The molecule has 0 aliphatic carbocycles. The van der Waals surface area contributed by atoms with Crippen LogP contribution in [0.5, 0.6) is 5.75 Å². The number of amides is 2. The van der Waals surface area contributed by atoms with E-state index >= 15 is 0 Å². The average molecular weight is 263 g/mol. The highest BCUT2D eigenvalue weighted by atomic mass is 16.5. The monoisotopic (exact) mass is 263 g/mol. The summed E-state index contributed by atoms with van der Waals surface area (Å²) >= 11 is 0. The molecule has 0 spiro atoms. The van der Waals surface area contributed by atoms with Gasteiger partial charge in [0.2, 0.25) is 5.91 Å². The van der Waals surface area contributed by atoms with Gasteiger partial charge in [0.1, 0.15) is 5.75 Å². The highest BCUT2D eigenvalue weighted by Gasteiger charge is 2.42. The van der Waals surface area contributed by atoms with E-state index in [0.29, 0.717) is 11.4 Å². The quantitative estimate of drug-likeness (QED) is 0.795. The highest BCUT2D eigenvalue weighted by molar-refractivity contribution is 6.21. The normalized spacial score (nSPS) is 19.4. The van der Waals surface area contributed by atoms with Gasteiger partial charge in [-0.2, -0.15) is 0 Å². The summed E-state index contributed by atoms with van der Waals surface area (Å²) < 4.78 is 5.06. The van der Waals surface area contributed by atoms with Crippen molar-refractivity contribution in [2.24, 2.45) is 0 Å². The van der Waals surface area contributed by atoms with E-state index < -0.39 is 0 Å². The molecule has 0 aromatic heterocycles. The lowest BCUT2D eigenvalue weighted by atomic mass is 10.2. The summed E-state index contributed by atoms with van der Waals surface area (Å²) in [6.45, 7) is 4.02. The molecule has 5 heteroatoms. The number of anilines is 1. The topological polar surface area (TPSA) is 63.2 Å². The first kappa shape index (κ1) is 13.5. The Kier molecular flexibility index (Phi) is 3.85. The third kappa shape index (κ3) is 2.76. The van der Waals surface area contributed by atoms with E-state index in [9.17, 15) is 9.59 Å². The summed E-state index contributed by atoms with van der Waals surface area (Å²) in [5.74, 6) is 0.425. The van der Waals surface area contributed by atoms with Gasteiger partial charge in [-0.05, 0) is 38.1 Å². The molecule has 2 amide bonds. The SMILES string of the molecule is COc1ccc(N2C(=O)C[C@H]([NH2+]C(C)C)C2=O)cc1. The van der Waals surface area contributed by atoms with Crippen molar-refractivity contribution < 1.29 is 19.6 Å². The van der Waals surface area contributed by atoms with Gasteiger partial charge in [0.25, 0.3) is 5.91 Å². The molecule has 5 nitrogen and oxygen atoms in total. The Morgan fingerprint density at radius 1 is 1.26 bits per heavy atom. The summed E-state index contributed by atoms with van der Waals surface area (Å²) in [5, 5.41) is 1.93. The molecule has 1 fully saturated rings. The first-order chi connectivity index (χ1) is 9.02. The van der Waals surface area contributed by atoms with Gasteiger partial charge < -0.3 is 10.1 Å². The van der Waals surface area contributed by atoms with Gasteiger partial charge in [0.15, 0.2) is 6.04 Å². The highest BCUT2D eigenvalue weighted by Crippen LogP contribution is 2.24. The van der Waals surface area contributed by atoms with E-state index in [-0.39, 0.29) is 30.3 Å². The number of hydrogen-bond donors (Lipinski definition) is 1. The minimum Gasteiger partial charge on any atom is -0.497 e. The van der Waals surface area contributed by atoms with E-state index in [1.807, 2.05) is 19.2 Å². The lowest BCUT2D eigenvalue weighted by Gasteiger charge is -2.15. The van der Waals surface area contributed by atoms with E-state index in [0.717, 1.165) is 0 Å². The van der Waals surface area contributed by atoms with Crippen LogP contribution in [-0.2, 0) is 9.59 Å². The second kappa shape index (κ2) is 5.40. The molecule has 1 aliphatic heterocycles. The summed E-state index contributed by atoms with van der Waals surface area (Å²) in [6, 6.07) is 6.94. The summed E-state index contributed by atoms with van der Waals surface area (Å²) in [4.78, 5) is 25.5. The molecule has 19 heavy (non-hydrogen) atoms. The maximum absolute atomic E-state index is 12.2. The zero-order valence-electron chi connectivity index (χ0n) is 11.4. The van der Waals surface area contributed by atoms with E-state index in [4.69, 9.17) is 4.74 Å². The largest absolute Gasteiger partial charge is 0.497 e. The lowest BCUT2D eigenvalue weighted by Crippen LogP contribution is -2.95. The van der Waals surface area contributed by atoms with Crippen molar-refractivity contribution in [2.45, 2.75) is 32.4 Å². The van der Waals surface area contributed by atoms with Crippen LogP contribution in [-0.4, -0.2) is 31.0 Å². The Bertz CT molecular complexity index is 482. The van der Waals surface area contributed by atoms with Crippen molar-refractivity contribution in [3.63, 3.8) is 0 Å². The van der Waals surface area contributed by atoms with Crippen LogP contribution < -0.4 is 15.0 Å². The molecule has 0 bridgehead atoms. The number of ether oxygens (including phenoxy) is 1. The molecule has 1 atom stereocenters. The molecule has 0 unspecified atom stereocenters. The minimum atomic E-state index is -0.297. The van der Waals surface area contributed by atoms with Gasteiger partial charge in [-0.1, -0.05) is 0 Å². The van der Waals surface area contributed by atoms with Gasteiger partial charge in [-0.3, -0.25) is 9.59 Å². The maximum Gasteiger partial charge on any atom is 0.292 e. The number of carbonyl (C=O) groups excluding carboxylic acids is 2. The van der Waals surface area contributed by atoms with Crippen molar-refractivity contribution in [1.82, 2.24) is 0 Å². The van der Waals surface area contributed by atoms with Crippen LogP contribution in [0.15, 0.2) is 24.3 Å². The zero-order valence-corrected chi connectivity index (χ0v) is 11.4. The predicted octanol–water partition coefficient (Wildman–Crippen LogP) is 0.299. The second-order valence-electron chi connectivity index (χ2n) is 5.01. The van der Waals surface area contributed by atoms with Crippen LogP contribution in [0.25, 0.3) is 0 Å². The number of nitrogens with zero attached hydrogens (tertiary/aromatic N) is 1. The maximum atomic E-state index is 12.2. The fourth-order valence-electron chi connectivity index (χ4n) is 2.27. The Morgan fingerprint density at radius 2 is 1.89 bits per heavy atom. The van der Waals surface area contributed by atoms with Crippen molar-refractivity contribution in [2.75, 3.05) is 12.0 Å². The Morgan fingerprint density at radius 3 is 2.42 bits per heavy atom. The van der Waals surface area contributed by atoms with Crippen LogP contribution in [0, 0.1) is 0 Å². The van der Waals surface area contributed by atoms with E-state index in [2.05, 4.69) is 0 Å². The van der Waals surface area contributed by atoms with Crippen molar-refractivity contribution in [3.05, 3.63) is 24.3 Å². The fraction of sp³-hybridized carbons (Fsp3) is 0.429. The third-order valence-corrected chi connectivity index (χ3v) is 3.13. The summed E-state index contributed by atoms with van der Waals surface area (Å²) in [5.41, 5.74) is 0.607. The van der Waals surface area contributed by atoms with Crippen LogP contribution >= 0.6 is 0 Å². The zero-order chi connectivity index (χ0) is 14.0. The fourth-order valence-corrected chi connectivity index (χ4v) is 2.27. The Balaban J connectivity index is 2.19. The first-order valence-electron chi connectivity index (χ1n) is 6.38. The standard InChI is InChI=1S/C14H18N2O3/c1-9(2)15-12-8-13(17)16(14(12)18)10-4-6-11(19-3)7-5-10/h4-7,9,12,15H,8H2,1-3H3/p+1/t12-/m0/s1. The molecule has 1 heterocycles. The molecular formula is C14H19N2O3+. The molecule has 1 aromatic rings. The molecule has 1 saturated heterocycles. The molecule has 0 radical (unpaired) electrons. The Hall–Kier alpha value is -1.88. The third-order valence-electron chi connectivity index (χ3n) is 3.13. The molecule has 2 N–H and O–H groups in total. The molecular weight excluding hydrogens is 244 g/mol.